The summed E-state index contributed by atoms with van der Waals surface area (Å²) in [7, 11) is 0. The molecule has 1 atom stereocenters. The molecule has 4 aliphatic carbocycles. The zero-order chi connectivity index (χ0) is 50.3. The average molecular weight is 976 g/mol. The average Bonchev–Trinajstić information content (AvgIpc) is 4.44. The topological polar surface area (TPSA) is 4.93 Å². The second-order valence-electron chi connectivity index (χ2n) is 21.7. The molecule has 1 aromatic heterocycles. The summed E-state index contributed by atoms with van der Waals surface area (Å²) in [6, 6.07) is 102. The highest BCUT2D eigenvalue weighted by Crippen LogP contribution is 2.63. The van der Waals surface area contributed by atoms with Crippen molar-refractivity contribution in [1.29, 1.82) is 0 Å². The lowest BCUT2D eigenvalue weighted by molar-refractivity contribution is 0.710. The van der Waals surface area contributed by atoms with E-state index in [1.54, 1.807) is 0 Å². The van der Waals surface area contributed by atoms with Gasteiger partial charge in [0, 0.05) is 22.4 Å². The summed E-state index contributed by atoms with van der Waals surface area (Å²) < 4.78 is 2.46. The molecule has 1 nitrogen and oxygen atoms in total. The van der Waals surface area contributed by atoms with Crippen LogP contribution >= 0.6 is 0 Å². The molecule has 13 aromatic rings. The van der Waals surface area contributed by atoms with Gasteiger partial charge in [0.1, 0.15) is 0 Å². The molecule has 0 bridgehead atoms. The van der Waals surface area contributed by atoms with Crippen molar-refractivity contribution in [1.82, 2.24) is 4.57 Å². The Kier molecular flexibility index (Phi) is 9.01. The summed E-state index contributed by atoms with van der Waals surface area (Å²) in [4.78, 5) is 0. The maximum absolute atomic E-state index is 2.63. The highest BCUT2D eigenvalue weighted by atomic mass is 15.0. The van der Waals surface area contributed by atoms with E-state index in [1.165, 1.54) is 155 Å². The van der Waals surface area contributed by atoms with Gasteiger partial charge in [-0.3, -0.25) is 0 Å². The van der Waals surface area contributed by atoms with Gasteiger partial charge in [-0.15, -0.1) is 0 Å². The predicted octanol–water partition coefficient (Wildman–Crippen LogP) is 19.0. The van der Waals surface area contributed by atoms with Crippen molar-refractivity contribution < 1.29 is 0 Å². The van der Waals surface area contributed by atoms with Crippen molar-refractivity contribution in [3.05, 3.63) is 328 Å². The van der Waals surface area contributed by atoms with E-state index in [-0.39, 0.29) is 5.92 Å². The Morgan fingerprint density at radius 1 is 0.299 bits per heavy atom. The fraction of sp³-hybridized carbons (Fsp3) is 0.0526. The first-order valence-corrected chi connectivity index (χ1v) is 27.3. The smallest absolute Gasteiger partial charge is 0.0725 e. The molecule has 12 aromatic carbocycles. The monoisotopic (exact) mass is 975 g/mol. The molecular formula is C76H49N. The Hall–Kier alpha value is -9.56. The van der Waals surface area contributed by atoms with Crippen LogP contribution in [0.2, 0.25) is 0 Å². The summed E-state index contributed by atoms with van der Waals surface area (Å²) in [5.41, 5.74) is 31.3. The van der Waals surface area contributed by atoms with Crippen LogP contribution in [-0.2, 0) is 11.8 Å². The second kappa shape index (κ2) is 16.2. The van der Waals surface area contributed by atoms with Crippen molar-refractivity contribution in [2.24, 2.45) is 0 Å². The normalized spacial score (nSPS) is 14.1. The molecule has 1 heterocycles. The van der Waals surface area contributed by atoms with Crippen molar-refractivity contribution in [3.63, 3.8) is 0 Å². The lowest BCUT2D eigenvalue weighted by Gasteiger charge is -2.31. The Morgan fingerprint density at radius 2 is 0.766 bits per heavy atom. The summed E-state index contributed by atoms with van der Waals surface area (Å²) >= 11 is 0. The van der Waals surface area contributed by atoms with Crippen LogP contribution in [0.1, 0.15) is 73.5 Å². The van der Waals surface area contributed by atoms with Gasteiger partial charge >= 0.3 is 0 Å². The number of hydrogen-bond donors (Lipinski definition) is 0. The highest BCUT2D eigenvalue weighted by molar-refractivity contribution is 6.19. The molecule has 77 heavy (non-hydrogen) atoms. The van der Waals surface area contributed by atoms with E-state index < -0.39 is 5.41 Å². The first-order chi connectivity index (χ1) is 38.2. The first kappa shape index (κ1) is 42.8. The highest BCUT2D eigenvalue weighted by Gasteiger charge is 2.51. The Morgan fingerprint density at radius 3 is 1.40 bits per heavy atom. The molecular weight excluding hydrogens is 927 g/mol. The molecule has 358 valence electrons. The molecule has 17 rings (SSSR count). The van der Waals surface area contributed by atoms with E-state index in [0.29, 0.717) is 0 Å². The number of aromatic nitrogens is 1. The number of benzene rings is 12. The molecule has 0 amide bonds. The van der Waals surface area contributed by atoms with Gasteiger partial charge < -0.3 is 4.57 Å². The van der Waals surface area contributed by atoms with Crippen molar-refractivity contribution in [3.8, 4) is 50.2 Å². The van der Waals surface area contributed by atoms with Crippen molar-refractivity contribution in [2.45, 2.75) is 24.2 Å². The van der Waals surface area contributed by atoms with E-state index in [4.69, 9.17) is 0 Å². The third kappa shape index (κ3) is 5.94. The van der Waals surface area contributed by atoms with Gasteiger partial charge in [0.2, 0.25) is 0 Å². The van der Waals surface area contributed by atoms with E-state index in [1.807, 2.05) is 0 Å². The minimum absolute atomic E-state index is 0.0889. The van der Waals surface area contributed by atoms with Gasteiger partial charge in [0.25, 0.3) is 0 Å². The van der Waals surface area contributed by atoms with Gasteiger partial charge in [-0.1, -0.05) is 231 Å². The SMILES string of the molecule is c1ccc2c(c1)C(=C1c3ccccc3-c3ccc(C(CCc4ccc5c(c4)c4ccccc4n5-c4ccc5ccccc5c4)c4ccc5c(c4)C4(c6ccccc6-c6ccccc64)c4ccccc4-5)cc31)c1ccccc1-2. The molecule has 4 aliphatic rings. The molecule has 0 fully saturated rings. The molecule has 1 spiro atoms. The van der Waals surface area contributed by atoms with Crippen LogP contribution in [0.3, 0.4) is 0 Å². The lowest BCUT2D eigenvalue weighted by Crippen LogP contribution is -2.26. The van der Waals surface area contributed by atoms with Crippen LogP contribution in [0.25, 0.3) is 93.9 Å². The molecule has 0 saturated carbocycles. The van der Waals surface area contributed by atoms with Gasteiger partial charge in [-0.2, -0.15) is 0 Å². The molecule has 1 unspecified atom stereocenters. The van der Waals surface area contributed by atoms with E-state index in [9.17, 15) is 0 Å². The second-order valence-corrected chi connectivity index (χ2v) is 21.7. The quantitative estimate of drug-likeness (QED) is 0.156. The fourth-order valence-corrected chi connectivity index (χ4v) is 14.8. The molecule has 0 aliphatic heterocycles. The standard InChI is InChI=1S/C76H49N/c1-2-18-49-44-52(38-35-48(49)17-1)77-72-32-16-12-25-62(72)66-43-47(34-42-73(66)77)33-39-53(51-37-41-61-60-24-11-15-31-70(60)76(71(61)46-51)68-29-13-9-22-58(68)59-23-10-14-30-69(59)76)50-36-40-57-56-21-5-8-28-65(56)75(67(57)45-50)74-63-26-6-3-19-54(63)55-20-4-7-27-64(55)74/h1-32,34-38,40-46,53H,33,39H2. The zero-order valence-corrected chi connectivity index (χ0v) is 42.3. The van der Waals surface area contributed by atoms with Crippen molar-refractivity contribution in [2.75, 3.05) is 0 Å². The number of nitrogens with zero attached hydrogens (tertiary/aromatic N) is 1. The van der Waals surface area contributed by atoms with E-state index >= 15 is 0 Å². The molecule has 0 radical (unpaired) electrons. The number of para-hydroxylation sites is 1. The third-order valence-corrected chi connectivity index (χ3v) is 18.0. The minimum Gasteiger partial charge on any atom is -0.309 e. The van der Waals surface area contributed by atoms with Gasteiger partial charge in [-0.05, 0) is 177 Å². The molecule has 1 heteroatoms. The van der Waals surface area contributed by atoms with Gasteiger partial charge in [0.15, 0.2) is 0 Å². The number of aryl methyl sites for hydroxylation is 1. The summed E-state index contributed by atoms with van der Waals surface area (Å²) in [6.45, 7) is 0. The predicted molar refractivity (Wildman–Crippen MR) is 320 cm³/mol. The Balaban J connectivity index is 0.860. The zero-order valence-electron chi connectivity index (χ0n) is 42.3. The van der Waals surface area contributed by atoms with E-state index in [2.05, 4.69) is 271 Å². The van der Waals surface area contributed by atoms with Crippen LogP contribution in [0, 0.1) is 0 Å². The Labute approximate surface area is 448 Å². The number of rotatable bonds is 6. The maximum Gasteiger partial charge on any atom is 0.0725 e. The largest absolute Gasteiger partial charge is 0.309 e. The van der Waals surface area contributed by atoms with Crippen LogP contribution in [0.5, 0.6) is 0 Å². The van der Waals surface area contributed by atoms with Crippen LogP contribution in [0.15, 0.2) is 267 Å². The number of fused-ring (bicyclic) bond motifs is 20. The first-order valence-electron chi connectivity index (χ1n) is 27.3. The van der Waals surface area contributed by atoms with Gasteiger partial charge in [-0.25, -0.2) is 0 Å². The minimum atomic E-state index is -0.426. The number of hydrogen-bond acceptors (Lipinski definition) is 0. The van der Waals surface area contributed by atoms with E-state index in [0.717, 1.165) is 12.8 Å². The third-order valence-electron chi connectivity index (χ3n) is 18.0. The fourth-order valence-electron chi connectivity index (χ4n) is 14.8. The van der Waals surface area contributed by atoms with Crippen molar-refractivity contribution >= 4 is 43.7 Å². The van der Waals surface area contributed by atoms with Crippen LogP contribution in [0.4, 0.5) is 0 Å². The molecule has 0 saturated heterocycles. The van der Waals surface area contributed by atoms with Crippen LogP contribution < -0.4 is 0 Å². The van der Waals surface area contributed by atoms with Crippen LogP contribution in [-0.4, -0.2) is 4.57 Å². The summed E-state index contributed by atoms with van der Waals surface area (Å²) in [5.74, 6) is 0.0889. The van der Waals surface area contributed by atoms with Gasteiger partial charge in [0.05, 0.1) is 16.4 Å². The summed E-state index contributed by atoms with van der Waals surface area (Å²) in [6.07, 6.45) is 1.85. The summed E-state index contributed by atoms with van der Waals surface area (Å²) in [5, 5.41) is 5.08. The maximum atomic E-state index is 2.63. The molecule has 0 N–H and O–H groups in total. The Bertz CT molecular complexity index is 4600. The lowest BCUT2D eigenvalue weighted by atomic mass is 9.70.